The fraction of sp³-hybridized carbons (Fsp3) is 0.733. The van der Waals surface area contributed by atoms with Crippen LogP contribution in [0.3, 0.4) is 0 Å². The summed E-state index contributed by atoms with van der Waals surface area (Å²) in [6, 6.07) is 0. The molecule has 1 rings (SSSR count). The molecule has 0 aromatic heterocycles. The summed E-state index contributed by atoms with van der Waals surface area (Å²) < 4.78 is 5.66. The van der Waals surface area contributed by atoms with Gasteiger partial charge in [-0.3, -0.25) is 4.79 Å². The first-order valence-corrected chi connectivity index (χ1v) is 6.97. The summed E-state index contributed by atoms with van der Waals surface area (Å²) in [4.78, 5) is 16.0. The molecule has 0 saturated carbocycles. The Bertz CT molecular complexity index is 325. The van der Waals surface area contributed by atoms with Crippen LogP contribution < -0.4 is 0 Å². The zero-order chi connectivity index (χ0) is 13.6. The normalized spacial score (nSPS) is 21.3. The maximum atomic E-state index is 11.3. The van der Waals surface area contributed by atoms with Gasteiger partial charge in [0.25, 0.3) is 0 Å². The number of rotatable bonds is 8. The van der Waals surface area contributed by atoms with E-state index in [1.807, 2.05) is 6.92 Å². The Morgan fingerprint density at radius 3 is 2.33 bits per heavy atom. The SMILES string of the molecule is C=C(C)C1=NC(CCCC)(CCCC)C(C=O)O1. The Labute approximate surface area is 110 Å². The van der Waals surface area contributed by atoms with Gasteiger partial charge in [0.1, 0.15) is 5.54 Å². The van der Waals surface area contributed by atoms with Gasteiger partial charge in [-0.1, -0.05) is 46.1 Å². The van der Waals surface area contributed by atoms with E-state index in [4.69, 9.17) is 9.73 Å². The summed E-state index contributed by atoms with van der Waals surface area (Å²) in [6.45, 7) is 10.0. The van der Waals surface area contributed by atoms with E-state index in [-0.39, 0.29) is 5.54 Å². The van der Waals surface area contributed by atoms with Crippen molar-refractivity contribution in [1.82, 2.24) is 0 Å². The van der Waals surface area contributed by atoms with Gasteiger partial charge in [-0.25, -0.2) is 4.99 Å². The van der Waals surface area contributed by atoms with E-state index < -0.39 is 6.10 Å². The number of carbonyl (C=O) groups excluding carboxylic acids is 1. The largest absolute Gasteiger partial charge is 0.464 e. The third-order valence-corrected chi connectivity index (χ3v) is 3.51. The van der Waals surface area contributed by atoms with E-state index in [9.17, 15) is 4.79 Å². The molecular formula is C15H25NO2. The number of ether oxygens (including phenoxy) is 1. The van der Waals surface area contributed by atoms with Gasteiger partial charge in [0.15, 0.2) is 12.4 Å². The highest BCUT2D eigenvalue weighted by Crippen LogP contribution is 2.36. The van der Waals surface area contributed by atoms with Crippen LogP contribution in [0.5, 0.6) is 0 Å². The van der Waals surface area contributed by atoms with Crippen LogP contribution in [0.4, 0.5) is 0 Å². The maximum Gasteiger partial charge on any atom is 0.212 e. The first-order chi connectivity index (χ1) is 8.59. The number of hydrogen-bond donors (Lipinski definition) is 0. The maximum absolute atomic E-state index is 11.3. The quantitative estimate of drug-likeness (QED) is 0.617. The number of hydrogen-bond acceptors (Lipinski definition) is 3. The molecule has 3 heteroatoms. The van der Waals surface area contributed by atoms with E-state index in [0.29, 0.717) is 5.90 Å². The van der Waals surface area contributed by atoms with Crippen molar-refractivity contribution in [1.29, 1.82) is 0 Å². The topological polar surface area (TPSA) is 38.7 Å². The molecule has 1 heterocycles. The molecule has 0 saturated heterocycles. The monoisotopic (exact) mass is 251 g/mol. The molecule has 102 valence electrons. The first-order valence-electron chi connectivity index (χ1n) is 6.97. The van der Waals surface area contributed by atoms with Gasteiger partial charge >= 0.3 is 0 Å². The lowest BCUT2D eigenvalue weighted by atomic mass is 9.83. The third kappa shape index (κ3) is 3.21. The van der Waals surface area contributed by atoms with Crippen LogP contribution >= 0.6 is 0 Å². The number of carbonyl (C=O) groups is 1. The Morgan fingerprint density at radius 1 is 1.39 bits per heavy atom. The number of nitrogens with zero attached hydrogens (tertiary/aromatic N) is 1. The van der Waals surface area contributed by atoms with Gasteiger partial charge in [0.05, 0.1) is 0 Å². The molecule has 1 aliphatic heterocycles. The van der Waals surface area contributed by atoms with Crippen molar-refractivity contribution in [3.05, 3.63) is 12.2 Å². The predicted molar refractivity (Wildman–Crippen MR) is 75.0 cm³/mol. The number of unbranched alkanes of at least 4 members (excludes halogenated alkanes) is 2. The van der Waals surface area contributed by atoms with Crippen molar-refractivity contribution in [2.24, 2.45) is 4.99 Å². The highest BCUT2D eigenvalue weighted by atomic mass is 16.5. The summed E-state index contributed by atoms with van der Waals surface area (Å²) in [7, 11) is 0. The minimum absolute atomic E-state index is 0.345. The molecule has 1 atom stereocenters. The Kier molecular flexibility index (Phi) is 5.57. The third-order valence-electron chi connectivity index (χ3n) is 3.51. The molecule has 0 aliphatic carbocycles. The van der Waals surface area contributed by atoms with E-state index in [2.05, 4.69) is 20.4 Å². The number of aldehydes is 1. The summed E-state index contributed by atoms with van der Waals surface area (Å²) >= 11 is 0. The second kappa shape index (κ2) is 6.72. The molecule has 0 fully saturated rings. The fourth-order valence-corrected chi connectivity index (χ4v) is 2.36. The van der Waals surface area contributed by atoms with Crippen LogP contribution in [0.15, 0.2) is 17.1 Å². The second-order valence-electron chi connectivity index (χ2n) is 5.18. The molecule has 0 bridgehead atoms. The second-order valence-corrected chi connectivity index (χ2v) is 5.18. The minimum Gasteiger partial charge on any atom is -0.464 e. The number of aliphatic imine (C=N–C) groups is 1. The highest BCUT2D eigenvalue weighted by molar-refractivity contribution is 5.95. The van der Waals surface area contributed by atoms with Crippen LogP contribution in [0.1, 0.15) is 59.3 Å². The van der Waals surface area contributed by atoms with Crippen LogP contribution in [0.25, 0.3) is 0 Å². The average Bonchev–Trinajstić information content (AvgIpc) is 2.73. The van der Waals surface area contributed by atoms with Gasteiger partial charge < -0.3 is 4.74 Å². The Hall–Kier alpha value is -1.12. The van der Waals surface area contributed by atoms with Gasteiger partial charge in [-0.05, 0) is 19.8 Å². The van der Waals surface area contributed by atoms with Crippen molar-refractivity contribution in [2.45, 2.75) is 70.9 Å². The average molecular weight is 251 g/mol. The summed E-state index contributed by atoms with van der Waals surface area (Å²) in [6.07, 6.45) is 6.68. The lowest BCUT2D eigenvalue weighted by Crippen LogP contribution is -2.39. The molecule has 0 aromatic carbocycles. The molecule has 1 unspecified atom stereocenters. The predicted octanol–water partition coefficient (Wildman–Crippen LogP) is 3.68. The van der Waals surface area contributed by atoms with Crippen LogP contribution in [-0.2, 0) is 9.53 Å². The molecule has 0 amide bonds. The van der Waals surface area contributed by atoms with Gasteiger partial charge in [0, 0.05) is 5.57 Å². The summed E-state index contributed by atoms with van der Waals surface area (Å²) in [5.41, 5.74) is 0.457. The van der Waals surface area contributed by atoms with Gasteiger partial charge in [-0.2, -0.15) is 0 Å². The Balaban J connectivity index is 2.95. The molecule has 0 spiro atoms. The van der Waals surface area contributed by atoms with Crippen molar-refractivity contribution in [3.63, 3.8) is 0 Å². The molecule has 0 aromatic rings. The van der Waals surface area contributed by atoms with Crippen molar-refractivity contribution in [2.75, 3.05) is 0 Å². The van der Waals surface area contributed by atoms with E-state index in [1.165, 1.54) is 0 Å². The minimum atomic E-state index is -0.428. The van der Waals surface area contributed by atoms with E-state index in [0.717, 1.165) is 50.4 Å². The zero-order valence-corrected chi connectivity index (χ0v) is 11.9. The lowest BCUT2D eigenvalue weighted by Gasteiger charge is -2.28. The highest BCUT2D eigenvalue weighted by Gasteiger charge is 2.44. The Morgan fingerprint density at radius 2 is 1.94 bits per heavy atom. The molecular weight excluding hydrogens is 226 g/mol. The molecule has 18 heavy (non-hydrogen) atoms. The van der Waals surface area contributed by atoms with E-state index in [1.54, 1.807) is 0 Å². The van der Waals surface area contributed by atoms with Crippen molar-refractivity contribution < 1.29 is 9.53 Å². The van der Waals surface area contributed by atoms with Crippen LogP contribution in [0.2, 0.25) is 0 Å². The summed E-state index contributed by atoms with van der Waals surface area (Å²) in [5, 5.41) is 0. The van der Waals surface area contributed by atoms with Crippen LogP contribution in [0, 0.1) is 0 Å². The smallest absolute Gasteiger partial charge is 0.212 e. The van der Waals surface area contributed by atoms with Gasteiger partial charge in [-0.15, -0.1) is 0 Å². The van der Waals surface area contributed by atoms with E-state index >= 15 is 0 Å². The van der Waals surface area contributed by atoms with Crippen molar-refractivity contribution in [3.8, 4) is 0 Å². The fourth-order valence-electron chi connectivity index (χ4n) is 2.36. The molecule has 0 radical (unpaired) electrons. The van der Waals surface area contributed by atoms with Crippen LogP contribution in [-0.4, -0.2) is 23.8 Å². The molecule has 0 N–H and O–H groups in total. The molecule has 3 nitrogen and oxygen atoms in total. The van der Waals surface area contributed by atoms with Gasteiger partial charge in [0.2, 0.25) is 5.90 Å². The van der Waals surface area contributed by atoms with Crippen molar-refractivity contribution >= 4 is 12.2 Å². The lowest BCUT2D eigenvalue weighted by molar-refractivity contribution is -0.116. The standard InChI is InChI=1S/C15H25NO2/c1-5-7-9-15(10-8-6-2)13(11-17)18-14(16-15)12(3)4/h11,13H,3,5-10H2,1-2,4H3. The molecule has 1 aliphatic rings. The zero-order valence-electron chi connectivity index (χ0n) is 11.9. The summed E-state index contributed by atoms with van der Waals surface area (Å²) in [5.74, 6) is 0.569. The first kappa shape index (κ1) is 14.9.